The average molecular weight is 371 g/mol. The smallest absolute Gasteiger partial charge is 0.234 e. The highest BCUT2D eigenvalue weighted by molar-refractivity contribution is 5.80. The summed E-state index contributed by atoms with van der Waals surface area (Å²) in [6, 6.07) is 4.17. The van der Waals surface area contributed by atoms with E-state index in [9.17, 15) is 9.59 Å². The van der Waals surface area contributed by atoms with Crippen LogP contribution in [0.5, 0.6) is 0 Å². The molecule has 0 radical (unpaired) electrons. The van der Waals surface area contributed by atoms with Crippen LogP contribution in [-0.4, -0.2) is 52.9 Å². The van der Waals surface area contributed by atoms with Gasteiger partial charge in [-0.3, -0.25) is 14.5 Å². The minimum atomic E-state index is -0.227. The molecule has 2 amide bonds. The van der Waals surface area contributed by atoms with Crippen LogP contribution in [0.1, 0.15) is 36.2 Å². The predicted molar refractivity (Wildman–Crippen MR) is 105 cm³/mol. The highest BCUT2D eigenvalue weighted by Gasteiger charge is 2.23. The van der Waals surface area contributed by atoms with Crippen LogP contribution in [0, 0.1) is 19.8 Å². The quantitative estimate of drug-likeness (QED) is 0.640. The van der Waals surface area contributed by atoms with E-state index >= 15 is 0 Å². The van der Waals surface area contributed by atoms with Gasteiger partial charge in [0.2, 0.25) is 11.8 Å². The number of aromatic nitrogens is 2. The van der Waals surface area contributed by atoms with Crippen LogP contribution in [0.25, 0.3) is 11.0 Å². The van der Waals surface area contributed by atoms with Crippen molar-refractivity contribution >= 4 is 22.8 Å². The Morgan fingerprint density at radius 3 is 2.74 bits per heavy atom. The normalized spacial score (nSPS) is 15.9. The van der Waals surface area contributed by atoms with Crippen molar-refractivity contribution in [2.45, 2.75) is 39.5 Å². The Hall–Kier alpha value is -2.41. The van der Waals surface area contributed by atoms with Gasteiger partial charge in [0.25, 0.3) is 0 Å². The molecule has 146 valence electrons. The van der Waals surface area contributed by atoms with Crippen molar-refractivity contribution < 1.29 is 9.59 Å². The van der Waals surface area contributed by atoms with E-state index in [1.165, 1.54) is 11.1 Å². The summed E-state index contributed by atoms with van der Waals surface area (Å²) in [6.07, 6.45) is 3.13. The average Bonchev–Trinajstić information content (AvgIpc) is 3.06. The molecule has 1 aliphatic rings. The molecule has 7 nitrogen and oxygen atoms in total. The lowest BCUT2D eigenvalue weighted by Crippen LogP contribution is -2.43. The number of aryl methyl sites for hydroxylation is 3. The number of carbonyl (C=O) groups is 2. The number of amides is 2. The van der Waals surface area contributed by atoms with Crippen LogP contribution in [0.15, 0.2) is 12.1 Å². The number of H-pyrrole nitrogens is 1. The number of nitrogens with one attached hydrogen (secondary N) is 2. The summed E-state index contributed by atoms with van der Waals surface area (Å²) >= 11 is 0. The zero-order valence-corrected chi connectivity index (χ0v) is 16.2. The summed E-state index contributed by atoms with van der Waals surface area (Å²) in [4.78, 5) is 33.4. The van der Waals surface area contributed by atoms with Crippen LogP contribution in [0.4, 0.5) is 0 Å². The molecule has 0 bridgehead atoms. The van der Waals surface area contributed by atoms with E-state index in [0.717, 1.165) is 55.6 Å². The molecule has 0 unspecified atom stereocenters. The van der Waals surface area contributed by atoms with E-state index in [1.807, 2.05) is 0 Å². The summed E-state index contributed by atoms with van der Waals surface area (Å²) in [5, 5.41) is 2.97. The van der Waals surface area contributed by atoms with Gasteiger partial charge in [0.05, 0.1) is 17.6 Å². The molecule has 2 heterocycles. The van der Waals surface area contributed by atoms with Gasteiger partial charge in [-0.2, -0.15) is 0 Å². The standard InChI is InChI=1S/C20H29N5O2/c1-13-5-6-16-19(14(13)2)24-17(23-16)4-3-9-22-18(26)12-25-10-7-15(8-11-25)20(21)27/h5-6,15H,3-4,7-12H2,1-2H3,(H2,21,27)(H,22,26)(H,23,24). The Labute approximate surface area is 159 Å². The number of piperidine rings is 1. The third kappa shape index (κ3) is 4.86. The van der Waals surface area contributed by atoms with E-state index < -0.39 is 0 Å². The van der Waals surface area contributed by atoms with Crippen molar-refractivity contribution in [1.82, 2.24) is 20.2 Å². The third-order valence-corrected chi connectivity index (χ3v) is 5.50. The molecule has 0 spiro atoms. The number of nitrogens with zero attached hydrogens (tertiary/aromatic N) is 2. The van der Waals surface area contributed by atoms with Crippen LogP contribution in [-0.2, 0) is 16.0 Å². The van der Waals surface area contributed by atoms with Gasteiger partial charge in [0, 0.05) is 18.9 Å². The zero-order valence-electron chi connectivity index (χ0n) is 16.2. The number of benzene rings is 1. The fraction of sp³-hybridized carbons (Fsp3) is 0.550. The largest absolute Gasteiger partial charge is 0.369 e. The summed E-state index contributed by atoms with van der Waals surface area (Å²) in [7, 11) is 0. The lowest BCUT2D eigenvalue weighted by atomic mass is 9.96. The summed E-state index contributed by atoms with van der Waals surface area (Å²) < 4.78 is 0. The van der Waals surface area contributed by atoms with Crippen molar-refractivity contribution in [3.05, 3.63) is 29.1 Å². The van der Waals surface area contributed by atoms with E-state index in [-0.39, 0.29) is 17.7 Å². The molecular formula is C20H29N5O2. The number of fused-ring (bicyclic) bond motifs is 1. The van der Waals surface area contributed by atoms with Crippen LogP contribution in [0.3, 0.4) is 0 Å². The molecule has 3 rings (SSSR count). The van der Waals surface area contributed by atoms with Gasteiger partial charge in [-0.15, -0.1) is 0 Å². The summed E-state index contributed by atoms with van der Waals surface area (Å²) in [5.74, 6) is 0.723. The molecular weight excluding hydrogens is 342 g/mol. The second-order valence-corrected chi connectivity index (χ2v) is 7.49. The monoisotopic (exact) mass is 371 g/mol. The Morgan fingerprint density at radius 1 is 1.30 bits per heavy atom. The van der Waals surface area contributed by atoms with Crippen LogP contribution in [0.2, 0.25) is 0 Å². The molecule has 0 atom stereocenters. The molecule has 1 saturated heterocycles. The first-order valence-corrected chi connectivity index (χ1v) is 9.67. The minimum absolute atomic E-state index is 0.0311. The second kappa shape index (κ2) is 8.52. The van der Waals surface area contributed by atoms with Crippen molar-refractivity contribution in [1.29, 1.82) is 0 Å². The number of imidazole rings is 1. The Balaban J connectivity index is 1.38. The highest BCUT2D eigenvalue weighted by Crippen LogP contribution is 2.19. The SMILES string of the molecule is Cc1ccc2[nH]c(CCCNC(=O)CN3CCC(C(N)=O)CC3)nc2c1C. The minimum Gasteiger partial charge on any atom is -0.369 e. The van der Waals surface area contributed by atoms with Gasteiger partial charge in [0.1, 0.15) is 5.82 Å². The number of hydrogen-bond donors (Lipinski definition) is 3. The fourth-order valence-electron chi connectivity index (χ4n) is 3.60. The Bertz CT molecular complexity index is 821. The first-order chi connectivity index (χ1) is 12.9. The number of aromatic amines is 1. The molecule has 1 aromatic heterocycles. The van der Waals surface area contributed by atoms with E-state index in [1.54, 1.807) is 0 Å². The van der Waals surface area contributed by atoms with Crippen molar-refractivity contribution in [2.75, 3.05) is 26.2 Å². The van der Waals surface area contributed by atoms with E-state index in [2.05, 4.69) is 41.2 Å². The van der Waals surface area contributed by atoms with Gasteiger partial charge in [-0.05, 0) is 63.4 Å². The lowest BCUT2D eigenvalue weighted by Gasteiger charge is -2.29. The molecule has 27 heavy (non-hydrogen) atoms. The third-order valence-electron chi connectivity index (χ3n) is 5.50. The molecule has 4 N–H and O–H groups in total. The predicted octanol–water partition coefficient (Wildman–Crippen LogP) is 1.43. The van der Waals surface area contributed by atoms with Gasteiger partial charge in [0.15, 0.2) is 0 Å². The molecule has 1 aliphatic heterocycles. The first kappa shape index (κ1) is 19.4. The first-order valence-electron chi connectivity index (χ1n) is 9.67. The van der Waals surface area contributed by atoms with Crippen molar-refractivity contribution in [2.24, 2.45) is 11.7 Å². The van der Waals surface area contributed by atoms with E-state index in [0.29, 0.717) is 13.1 Å². The molecule has 1 fully saturated rings. The topological polar surface area (TPSA) is 104 Å². The van der Waals surface area contributed by atoms with Gasteiger partial charge in [-0.1, -0.05) is 6.07 Å². The highest BCUT2D eigenvalue weighted by atomic mass is 16.2. The van der Waals surface area contributed by atoms with Gasteiger partial charge < -0.3 is 16.0 Å². The molecule has 2 aromatic rings. The Morgan fingerprint density at radius 2 is 2.04 bits per heavy atom. The number of primary amides is 1. The summed E-state index contributed by atoms with van der Waals surface area (Å²) in [5.41, 5.74) is 9.90. The lowest BCUT2D eigenvalue weighted by molar-refractivity contribution is -0.124. The van der Waals surface area contributed by atoms with Crippen molar-refractivity contribution in [3.63, 3.8) is 0 Å². The molecule has 1 aromatic carbocycles. The zero-order chi connectivity index (χ0) is 19.4. The van der Waals surface area contributed by atoms with Gasteiger partial charge in [-0.25, -0.2) is 4.98 Å². The maximum atomic E-state index is 12.1. The van der Waals surface area contributed by atoms with E-state index in [4.69, 9.17) is 10.7 Å². The Kier molecular flexibility index (Phi) is 6.11. The molecule has 0 saturated carbocycles. The number of likely N-dealkylation sites (tertiary alicyclic amines) is 1. The van der Waals surface area contributed by atoms with Crippen molar-refractivity contribution in [3.8, 4) is 0 Å². The van der Waals surface area contributed by atoms with Gasteiger partial charge >= 0.3 is 0 Å². The number of nitrogens with two attached hydrogens (primary N) is 1. The maximum Gasteiger partial charge on any atom is 0.234 e. The number of hydrogen-bond acceptors (Lipinski definition) is 4. The number of rotatable bonds is 7. The maximum absolute atomic E-state index is 12.1. The fourth-order valence-corrected chi connectivity index (χ4v) is 3.60. The number of carbonyl (C=O) groups excluding carboxylic acids is 2. The molecule has 0 aliphatic carbocycles. The van der Waals surface area contributed by atoms with Crippen LogP contribution < -0.4 is 11.1 Å². The molecule has 7 heteroatoms. The van der Waals surface area contributed by atoms with Crippen LogP contribution >= 0.6 is 0 Å². The second-order valence-electron chi connectivity index (χ2n) is 7.49. The summed E-state index contributed by atoms with van der Waals surface area (Å²) in [6.45, 7) is 6.70.